The van der Waals surface area contributed by atoms with Gasteiger partial charge in [-0.15, -0.1) is 0 Å². The number of amides is 1. The second-order valence-corrected chi connectivity index (χ2v) is 5.95. The summed E-state index contributed by atoms with van der Waals surface area (Å²) in [4.78, 5) is 25.7. The molecule has 0 saturated heterocycles. The van der Waals surface area contributed by atoms with E-state index in [-0.39, 0.29) is 19.0 Å². The molecule has 0 radical (unpaired) electrons. The van der Waals surface area contributed by atoms with Crippen LogP contribution in [0.4, 0.5) is 0 Å². The second-order valence-electron chi connectivity index (χ2n) is 5.95. The molecule has 2 aromatic rings. The third-order valence-corrected chi connectivity index (χ3v) is 4.23. The van der Waals surface area contributed by atoms with E-state index in [2.05, 4.69) is 5.10 Å². The van der Waals surface area contributed by atoms with Crippen molar-refractivity contribution < 1.29 is 14.7 Å². The Bertz CT molecular complexity index is 766. The summed E-state index contributed by atoms with van der Waals surface area (Å²) >= 11 is 0. The standard InChI is InChI=1S/C17H19N3O3/c1-11-7-12(2)20(18-11)10-16(21)19-8-13-5-3-4-6-14(13)15(9-19)17(22)23/h3-7,15H,8-10H2,1-2H3,(H,22,23). The first-order valence-electron chi connectivity index (χ1n) is 7.55. The van der Waals surface area contributed by atoms with Crippen LogP contribution in [0.15, 0.2) is 30.3 Å². The molecule has 0 bridgehead atoms. The summed E-state index contributed by atoms with van der Waals surface area (Å²) in [6.07, 6.45) is 0. The van der Waals surface area contributed by atoms with Gasteiger partial charge in [0.25, 0.3) is 0 Å². The Hall–Kier alpha value is -2.63. The first-order valence-corrected chi connectivity index (χ1v) is 7.55. The molecule has 1 aromatic heterocycles. The zero-order chi connectivity index (χ0) is 16.6. The van der Waals surface area contributed by atoms with E-state index in [0.29, 0.717) is 6.54 Å². The van der Waals surface area contributed by atoms with Gasteiger partial charge in [0.05, 0.1) is 11.6 Å². The third-order valence-electron chi connectivity index (χ3n) is 4.23. The van der Waals surface area contributed by atoms with Gasteiger partial charge in [-0.25, -0.2) is 0 Å². The lowest BCUT2D eigenvalue weighted by Gasteiger charge is -2.32. The Morgan fingerprint density at radius 2 is 2.04 bits per heavy atom. The summed E-state index contributed by atoms with van der Waals surface area (Å²) in [7, 11) is 0. The number of carbonyl (C=O) groups is 2. The molecule has 0 spiro atoms. The van der Waals surface area contributed by atoms with Crippen molar-refractivity contribution in [1.29, 1.82) is 0 Å². The van der Waals surface area contributed by atoms with Crippen LogP contribution in [-0.2, 0) is 22.7 Å². The lowest BCUT2D eigenvalue weighted by atomic mass is 9.90. The average Bonchev–Trinajstić information content (AvgIpc) is 2.83. The predicted octanol–water partition coefficient (Wildman–Crippen LogP) is 1.71. The second kappa shape index (κ2) is 5.87. The minimum absolute atomic E-state index is 0.114. The van der Waals surface area contributed by atoms with Gasteiger partial charge < -0.3 is 10.0 Å². The van der Waals surface area contributed by atoms with Gasteiger partial charge in [0.1, 0.15) is 6.54 Å². The Morgan fingerprint density at radius 3 is 2.70 bits per heavy atom. The molecule has 0 fully saturated rings. The fraction of sp³-hybridized carbons (Fsp3) is 0.353. The first-order chi connectivity index (χ1) is 11.0. The highest BCUT2D eigenvalue weighted by molar-refractivity contribution is 5.81. The minimum Gasteiger partial charge on any atom is -0.481 e. The fourth-order valence-electron chi connectivity index (χ4n) is 3.07. The smallest absolute Gasteiger partial charge is 0.312 e. The van der Waals surface area contributed by atoms with Crippen molar-refractivity contribution in [1.82, 2.24) is 14.7 Å². The monoisotopic (exact) mass is 313 g/mol. The van der Waals surface area contributed by atoms with Crippen LogP contribution in [0.3, 0.4) is 0 Å². The highest BCUT2D eigenvalue weighted by atomic mass is 16.4. The molecule has 1 aromatic carbocycles. The molecule has 120 valence electrons. The third kappa shape index (κ3) is 2.97. The van der Waals surface area contributed by atoms with Crippen molar-refractivity contribution in [2.24, 2.45) is 0 Å². The molecule has 2 heterocycles. The van der Waals surface area contributed by atoms with Crippen LogP contribution in [0.2, 0.25) is 0 Å². The molecular weight excluding hydrogens is 294 g/mol. The van der Waals surface area contributed by atoms with Gasteiger partial charge in [-0.05, 0) is 31.0 Å². The number of nitrogens with zero attached hydrogens (tertiary/aromatic N) is 3. The molecule has 23 heavy (non-hydrogen) atoms. The number of benzene rings is 1. The van der Waals surface area contributed by atoms with Crippen molar-refractivity contribution in [3.05, 3.63) is 52.8 Å². The number of hydrogen-bond acceptors (Lipinski definition) is 3. The average molecular weight is 313 g/mol. The number of hydrogen-bond donors (Lipinski definition) is 1. The van der Waals surface area contributed by atoms with E-state index in [1.54, 1.807) is 9.58 Å². The van der Waals surface area contributed by atoms with Crippen molar-refractivity contribution in [2.45, 2.75) is 32.9 Å². The van der Waals surface area contributed by atoms with Crippen molar-refractivity contribution in [3.8, 4) is 0 Å². The number of aliphatic carboxylic acids is 1. The van der Waals surface area contributed by atoms with Gasteiger partial charge in [-0.3, -0.25) is 14.3 Å². The van der Waals surface area contributed by atoms with Crippen LogP contribution in [0, 0.1) is 13.8 Å². The minimum atomic E-state index is -0.902. The molecule has 6 nitrogen and oxygen atoms in total. The molecule has 1 aliphatic rings. The quantitative estimate of drug-likeness (QED) is 0.936. The number of carbonyl (C=O) groups excluding carboxylic acids is 1. The molecule has 1 amide bonds. The number of fused-ring (bicyclic) bond motifs is 1. The highest BCUT2D eigenvalue weighted by Gasteiger charge is 2.32. The predicted molar refractivity (Wildman–Crippen MR) is 83.9 cm³/mol. The molecular formula is C17H19N3O3. The molecule has 1 N–H and O–H groups in total. The van der Waals surface area contributed by atoms with E-state index < -0.39 is 11.9 Å². The van der Waals surface area contributed by atoms with Crippen LogP contribution in [0.25, 0.3) is 0 Å². The van der Waals surface area contributed by atoms with E-state index in [1.165, 1.54) is 0 Å². The van der Waals surface area contributed by atoms with Gasteiger partial charge in [0.15, 0.2) is 0 Å². The van der Waals surface area contributed by atoms with E-state index in [9.17, 15) is 14.7 Å². The number of aromatic nitrogens is 2. The Labute approximate surface area is 134 Å². The fourth-order valence-corrected chi connectivity index (χ4v) is 3.07. The zero-order valence-electron chi connectivity index (χ0n) is 13.2. The van der Waals surface area contributed by atoms with Gasteiger partial charge >= 0.3 is 5.97 Å². The Kier molecular flexibility index (Phi) is 3.90. The van der Waals surface area contributed by atoms with Crippen LogP contribution in [0.5, 0.6) is 0 Å². The zero-order valence-corrected chi connectivity index (χ0v) is 13.2. The van der Waals surface area contributed by atoms with E-state index in [0.717, 1.165) is 22.5 Å². The van der Waals surface area contributed by atoms with Crippen molar-refractivity contribution in [2.75, 3.05) is 6.54 Å². The molecule has 1 atom stereocenters. The molecule has 0 saturated carbocycles. The molecule has 6 heteroatoms. The Morgan fingerprint density at radius 1 is 1.30 bits per heavy atom. The SMILES string of the molecule is Cc1cc(C)n(CC(=O)N2Cc3ccccc3C(C(=O)O)C2)n1. The van der Waals surface area contributed by atoms with E-state index in [1.807, 2.05) is 44.2 Å². The van der Waals surface area contributed by atoms with Gasteiger partial charge in [0, 0.05) is 18.8 Å². The molecule has 0 aliphatic carbocycles. The summed E-state index contributed by atoms with van der Waals surface area (Å²) in [6, 6.07) is 9.33. The number of aryl methyl sites for hydroxylation is 2. The summed E-state index contributed by atoms with van der Waals surface area (Å²) in [5, 5.41) is 13.8. The maximum Gasteiger partial charge on any atom is 0.312 e. The van der Waals surface area contributed by atoms with Crippen molar-refractivity contribution >= 4 is 11.9 Å². The largest absolute Gasteiger partial charge is 0.481 e. The van der Waals surface area contributed by atoms with Gasteiger partial charge in [0.2, 0.25) is 5.91 Å². The van der Waals surface area contributed by atoms with Crippen LogP contribution < -0.4 is 0 Å². The highest BCUT2D eigenvalue weighted by Crippen LogP contribution is 2.28. The summed E-state index contributed by atoms with van der Waals surface area (Å²) in [6.45, 7) is 4.56. The first kappa shape index (κ1) is 15.3. The maximum absolute atomic E-state index is 12.6. The van der Waals surface area contributed by atoms with Crippen LogP contribution in [0.1, 0.15) is 28.4 Å². The lowest BCUT2D eigenvalue weighted by molar-refractivity contribution is -0.141. The van der Waals surface area contributed by atoms with E-state index in [4.69, 9.17) is 0 Å². The van der Waals surface area contributed by atoms with Gasteiger partial charge in [-0.1, -0.05) is 24.3 Å². The molecule has 3 rings (SSSR count). The lowest BCUT2D eigenvalue weighted by Crippen LogP contribution is -2.42. The van der Waals surface area contributed by atoms with Crippen molar-refractivity contribution in [3.63, 3.8) is 0 Å². The number of rotatable bonds is 3. The van der Waals surface area contributed by atoms with E-state index >= 15 is 0 Å². The molecule has 1 aliphatic heterocycles. The number of carboxylic acids is 1. The van der Waals surface area contributed by atoms with Crippen LogP contribution >= 0.6 is 0 Å². The number of carboxylic acid groups (broad SMARTS) is 1. The summed E-state index contributed by atoms with van der Waals surface area (Å²) < 4.78 is 1.66. The van der Waals surface area contributed by atoms with Crippen LogP contribution in [-0.4, -0.2) is 38.2 Å². The topological polar surface area (TPSA) is 75.4 Å². The summed E-state index contributed by atoms with van der Waals surface area (Å²) in [5.41, 5.74) is 3.48. The maximum atomic E-state index is 12.6. The summed E-state index contributed by atoms with van der Waals surface area (Å²) in [5.74, 6) is -1.69. The van der Waals surface area contributed by atoms with Gasteiger partial charge in [-0.2, -0.15) is 5.10 Å². The Balaban J connectivity index is 1.82. The molecule has 1 unspecified atom stereocenters. The normalized spacial score (nSPS) is 17.0.